The van der Waals surface area contributed by atoms with Gasteiger partial charge in [0.2, 0.25) is 11.8 Å². The normalized spacial score (nSPS) is 10.8. The van der Waals surface area contributed by atoms with Gasteiger partial charge in [-0.25, -0.2) is 4.98 Å². The molecule has 0 saturated carbocycles. The van der Waals surface area contributed by atoms with Gasteiger partial charge < -0.3 is 4.74 Å². The summed E-state index contributed by atoms with van der Waals surface area (Å²) in [7, 11) is 1.90. The molecule has 2 rings (SSSR count). The molecule has 0 aliphatic carbocycles. The van der Waals surface area contributed by atoms with Gasteiger partial charge in [-0.1, -0.05) is 13.8 Å². The second kappa shape index (κ2) is 4.30. The maximum absolute atomic E-state index is 5.48. The Kier molecular flexibility index (Phi) is 2.85. The fourth-order valence-electron chi connectivity index (χ4n) is 1.49. The number of nitrogens with zero attached hydrogens (tertiary/aromatic N) is 4. The van der Waals surface area contributed by atoms with Gasteiger partial charge >= 0.3 is 0 Å². The van der Waals surface area contributed by atoms with Gasteiger partial charge in [-0.2, -0.15) is 0 Å². The van der Waals surface area contributed by atoms with Gasteiger partial charge in [-0.15, -0.1) is 5.10 Å². The molecule has 16 heavy (non-hydrogen) atoms. The summed E-state index contributed by atoms with van der Waals surface area (Å²) >= 11 is 0. The molecule has 2 aromatic heterocycles. The third-order valence-electron chi connectivity index (χ3n) is 2.23. The van der Waals surface area contributed by atoms with E-state index in [2.05, 4.69) is 28.9 Å². The summed E-state index contributed by atoms with van der Waals surface area (Å²) in [6.45, 7) is 4.23. The molecular formula is C11H14N4O. The minimum atomic E-state index is 0.414. The Morgan fingerprint density at radius 3 is 2.62 bits per heavy atom. The van der Waals surface area contributed by atoms with Crippen LogP contribution in [0.4, 0.5) is 0 Å². The number of ether oxygens (including phenoxy) is 1. The van der Waals surface area contributed by atoms with Crippen LogP contribution in [0.5, 0.6) is 11.8 Å². The first-order valence-corrected chi connectivity index (χ1v) is 5.14. The van der Waals surface area contributed by atoms with Crippen LogP contribution < -0.4 is 4.74 Å². The van der Waals surface area contributed by atoms with Crippen LogP contribution in [0, 0.1) is 0 Å². The van der Waals surface area contributed by atoms with Crippen molar-refractivity contribution in [1.82, 2.24) is 19.7 Å². The first-order valence-electron chi connectivity index (χ1n) is 5.14. The monoisotopic (exact) mass is 218 g/mol. The van der Waals surface area contributed by atoms with E-state index in [-0.39, 0.29) is 0 Å². The second-order valence-corrected chi connectivity index (χ2v) is 3.83. The third kappa shape index (κ3) is 2.18. The molecule has 84 valence electrons. The van der Waals surface area contributed by atoms with Gasteiger partial charge in [0.15, 0.2) is 0 Å². The number of aryl methyl sites for hydroxylation is 1. The smallest absolute Gasteiger partial charge is 0.240 e. The Labute approximate surface area is 94.1 Å². The molecule has 2 aromatic rings. The summed E-state index contributed by atoms with van der Waals surface area (Å²) in [6, 6.07) is 1.92. The minimum absolute atomic E-state index is 0.414. The molecule has 0 radical (unpaired) electrons. The quantitative estimate of drug-likeness (QED) is 0.791. The van der Waals surface area contributed by atoms with Crippen LogP contribution in [0.25, 0.3) is 0 Å². The van der Waals surface area contributed by atoms with Crippen LogP contribution in [0.15, 0.2) is 24.7 Å². The maximum atomic E-state index is 5.48. The van der Waals surface area contributed by atoms with E-state index in [0.717, 1.165) is 5.69 Å². The van der Waals surface area contributed by atoms with E-state index in [4.69, 9.17) is 4.74 Å². The highest BCUT2D eigenvalue weighted by Crippen LogP contribution is 2.22. The molecule has 2 heterocycles. The third-order valence-corrected chi connectivity index (χ3v) is 2.23. The van der Waals surface area contributed by atoms with Gasteiger partial charge in [0.1, 0.15) is 0 Å². The molecule has 5 nitrogen and oxygen atoms in total. The van der Waals surface area contributed by atoms with Gasteiger partial charge in [0.25, 0.3) is 0 Å². The molecular weight excluding hydrogens is 204 g/mol. The number of aromatic nitrogens is 4. The zero-order valence-electron chi connectivity index (χ0n) is 9.58. The van der Waals surface area contributed by atoms with Crippen LogP contribution in [0.2, 0.25) is 0 Å². The van der Waals surface area contributed by atoms with E-state index in [9.17, 15) is 0 Å². The molecule has 0 aromatic carbocycles. The first-order chi connectivity index (χ1) is 7.66. The summed E-state index contributed by atoms with van der Waals surface area (Å²) in [5.74, 6) is 1.42. The maximum Gasteiger partial charge on any atom is 0.240 e. The van der Waals surface area contributed by atoms with Crippen molar-refractivity contribution in [2.75, 3.05) is 0 Å². The Morgan fingerprint density at radius 2 is 2.06 bits per heavy atom. The molecule has 0 atom stereocenters. The lowest BCUT2D eigenvalue weighted by atomic mass is 10.1. The summed E-state index contributed by atoms with van der Waals surface area (Å²) in [4.78, 5) is 7.95. The zero-order valence-corrected chi connectivity index (χ0v) is 9.58. The van der Waals surface area contributed by atoms with Crippen LogP contribution in [0.3, 0.4) is 0 Å². The van der Waals surface area contributed by atoms with Gasteiger partial charge in [-0.3, -0.25) is 9.67 Å². The molecule has 5 heteroatoms. The van der Waals surface area contributed by atoms with Crippen molar-refractivity contribution in [2.24, 2.45) is 7.05 Å². The van der Waals surface area contributed by atoms with Crippen molar-refractivity contribution in [3.8, 4) is 11.8 Å². The molecule has 0 N–H and O–H groups in total. The predicted molar refractivity (Wildman–Crippen MR) is 59.4 cm³/mol. The Bertz CT molecular complexity index is 464. The van der Waals surface area contributed by atoms with Crippen molar-refractivity contribution < 1.29 is 4.74 Å². The van der Waals surface area contributed by atoms with Gasteiger partial charge in [0.05, 0.1) is 6.20 Å². The average molecular weight is 218 g/mol. The van der Waals surface area contributed by atoms with E-state index >= 15 is 0 Å². The van der Waals surface area contributed by atoms with Crippen molar-refractivity contribution in [3.05, 3.63) is 30.4 Å². The average Bonchev–Trinajstić information content (AvgIpc) is 2.61. The molecule has 0 amide bonds. The first kappa shape index (κ1) is 10.6. The standard InChI is InChI=1S/C11H14N4O/c1-8(2)9-6-10(14-15(9)3)16-11-7-12-4-5-13-11/h4-8H,1-3H3. The SMILES string of the molecule is CC(C)c1cc(Oc2cnccn2)nn1C. The van der Waals surface area contributed by atoms with Crippen molar-refractivity contribution >= 4 is 0 Å². The summed E-state index contributed by atoms with van der Waals surface area (Å²) in [5, 5.41) is 4.25. The number of hydrogen-bond donors (Lipinski definition) is 0. The fourth-order valence-corrected chi connectivity index (χ4v) is 1.49. The Balaban J connectivity index is 2.20. The van der Waals surface area contributed by atoms with Gasteiger partial charge in [-0.05, 0) is 5.92 Å². The van der Waals surface area contributed by atoms with E-state index < -0.39 is 0 Å². The topological polar surface area (TPSA) is 52.8 Å². The fraction of sp³-hybridized carbons (Fsp3) is 0.364. The highest BCUT2D eigenvalue weighted by atomic mass is 16.5. The lowest BCUT2D eigenvalue weighted by molar-refractivity contribution is 0.434. The van der Waals surface area contributed by atoms with Crippen LogP contribution >= 0.6 is 0 Å². The van der Waals surface area contributed by atoms with Crippen molar-refractivity contribution in [3.63, 3.8) is 0 Å². The zero-order chi connectivity index (χ0) is 11.5. The van der Waals surface area contributed by atoms with E-state index in [0.29, 0.717) is 17.7 Å². The molecule has 0 fully saturated rings. The molecule has 0 saturated heterocycles. The van der Waals surface area contributed by atoms with Gasteiger partial charge in [0, 0.05) is 31.2 Å². The van der Waals surface area contributed by atoms with E-state index in [1.165, 1.54) is 0 Å². The lowest BCUT2D eigenvalue weighted by Crippen LogP contribution is -1.99. The summed E-state index contributed by atoms with van der Waals surface area (Å²) in [5.41, 5.74) is 1.12. The highest BCUT2D eigenvalue weighted by Gasteiger charge is 2.10. The van der Waals surface area contributed by atoms with Crippen LogP contribution in [-0.2, 0) is 7.05 Å². The molecule has 0 aliphatic rings. The predicted octanol–water partition coefficient (Wildman–Crippen LogP) is 2.13. The van der Waals surface area contributed by atoms with Crippen LogP contribution in [0.1, 0.15) is 25.5 Å². The van der Waals surface area contributed by atoms with Crippen molar-refractivity contribution in [2.45, 2.75) is 19.8 Å². The second-order valence-electron chi connectivity index (χ2n) is 3.83. The van der Waals surface area contributed by atoms with E-state index in [1.807, 2.05) is 17.8 Å². The molecule has 0 bridgehead atoms. The Hall–Kier alpha value is -1.91. The minimum Gasteiger partial charge on any atom is -0.417 e. The largest absolute Gasteiger partial charge is 0.417 e. The Morgan fingerprint density at radius 1 is 1.25 bits per heavy atom. The summed E-state index contributed by atoms with van der Waals surface area (Å²) in [6.07, 6.45) is 4.75. The summed E-state index contributed by atoms with van der Waals surface area (Å²) < 4.78 is 7.30. The molecule has 0 aliphatic heterocycles. The van der Waals surface area contributed by atoms with Crippen LogP contribution in [-0.4, -0.2) is 19.7 Å². The highest BCUT2D eigenvalue weighted by molar-refractivity contribution is 5.21. The lowest BCUT2D eigenvalue weighted by Gasteiger charge is -2.02. The number of rotatable bonds is 3. The van der Waals surface area contributed by atoms with Crippen molar-refractivity contribution in [1.29, 1.82) is 0 Å². The number of hydrogen-bond acceptors (Lipinski definition) is 4. The molecule has 0 unspecified atom stereocenters. The molecule has 0 spiro atoms. The van der Waals surface area contributed by atoms with E-state index in [1.54, 1.807) is 18.6 Å².